The molecule has 0 atom stereocenters. The Labute approximate surface area is 119 Å². The lowest BCUT2D eigenvalue weighted by Crippen LogP contribution is -1.96. The second kappa shape index (κ2) is 4.89. The Hall–Kier alpha value is -0.900. The zero-order valence-corrected chi connectivity index (χ0v) is 13.3. The molecule has 9 heteroatoms. The molecule has 19 heavy (non-hydrogen) atoms. The normalized spacial score (nSPS) is 12.5. The van der Waals surface area contributed by atoms with Crippen LogP contribution >= 0.6 is 22.7 Å². The second-order valence-electron chi connectivity index (χ2n) is 3.72. The van der Waals surface area contributed by atoms with Crippen LogP contribution in [0, 0.1) is 0 Å². The van der Waals surface area contributed by atoms with Crippen LogP contribution in [0.2, 0.25) is 0 Å². The van der Waals surface area contributed by atoms with E-state index in [0.717, 1.165) is 33.9 Å². The highest BCUT2D eigenvalue weighted by molar-refractivity contribution is 7.97. The largest absolute Gasteiger partial charge is 0.380 e. The first-order chi connectivity index (χ1) is 8.75. The molecule has 0 bridgehead atoms. The van der Waals surface area contributed by atoms with Gasteiger partial charge < -0.3 is 5.32 Å². The average molecular weight is 337 g/mol. The van der Waals surface area contributed by atoms with Crippen LogP contribution in [0.1, 0.15) is 0 Å². The number of hydrogen-bond donors (Lipinski definition) is 1. The highest BCUT2D eigenvalue weighted by Crippen LogP contribution is 2.34. The Morgan fingerprint density at radius 2 is 1.42 bits per heavy atom. The summed E-state index contributed by atoms with van der Waals surface area (Å²) in [6.07, 6.45) is 1.06. The molecule has 0 saturated heterocycles. The molecule has 2 aromatic rings. The summed E-state index contributed by atoms with van der Waals surface area (Å²) in [4.78, 5) is 0. The van der Waals surface area contributed by atoms with Crippen molar-refractivity contribution in [2.24, 2.45) is 0 Å². The van der Waals surface area contributed by atoms with Crippen LogP contribution in [0.5, 0.6) is 0 Å². The van der Waals surface area contributed by atoms with Gasteiger partial charge in [-0.15, -0.1) is 22.7 Å². The van der Waals surface area contributed by atoms with Crippen molar-refractivity contribution in [1.29, 1.82) is 0 Å². The van der Waals surface area contributed by atoms with Crippen molar-refractivity contribution in [3.8, 4) is 0 Å². The van der Waals surface area contributed by atoms with Gasteiger partial charge in [-0.3, -0.25) is 0 Å². The van der Waals surface area contributed by atoms with E-state index in [-0.39, 0.29) is 12.6 Å². The van der Waals surface area contributed by atoms with E-state index in [1.165, 1.54) is 18.2 Å². The van der Waals surface area contributed by atoms with Crippen molar-refractivity contribution in [2.75, 3.05) is 18.6 Å². The molecule has 0 fully saturated rings. The minimum atomic E-state index is -3.64. The van der Waals surface area contributed by atoms with Gasteiger partial charge in [0.25, 0.3) is 0 Å². The predicted molar refractivity (Wildman–Crippen MR) is 76.7 cm³/mol. The number of nitrogens with one attached hydrogen (secondary N) is 1. The number of sulfone groups is 2. The number of anilines is 1. The highest BCUT2D eigenvalue weighted by atomic mass is 32.3. The van der Waals surface area contributed by atoms with E-state index in [1.807, 2.05) is 0 Å². The molecule has 2 aromatic heterocycles. The topological polar surface area (TPSA) is 80.3 Å². The molecule has 2 heterocycles. The van der Waals surface area contributed by atoms with Gasteiger partial charge in [-0.05, 0) is 24.3 Å². The Bertz CT molecular complexity index is 798. The van der Waals surface area contributed by atoms with E-state index in [0.29, 0.717) is 0 Å². The lowest BCUT2D eigenvalue weighted by Gasteiger charge is -1.97. The summed E-state index contributed by atoms with van der Waals surface area (Å²) in [6.45, 7) is 0. The van der Waals surface area contributed by atoms with E-state index >= 15 is 0 Å². The second-order valence-corrected chi connectivity index (χ2v) is 10.5. The Balaban J connectivity index is 2.48. The average Bonchev–Trinajstić information content (AvgIpc) is 2.98. The molecule has 5 nitrogen and oxygen atoms in total. The van der Waals surface area contributed by atoms with Crippen molar-refractivity contribution < 1.29 is 16.8 Å². The summed E-state index contributed by atoms with van der Waals surface area (Å²) in [6, 6.07) is 5.82. The third-order valence-corrected chi connectivity index (χ3v) is 9.02. The van der Waals surface area contributed by atoms with Gasteiger partial charge in [-0.1, -0.05) is 0 Å². The zero-order chi connectivity index (χ0) is 14.3. The van der Waals surface area contributed by atoms with Gasteiger partial charge in [0.2, 0.25) is 9.84 Å². The van der Waals surface area contributed by atoms with E-state index < -0.39 is 19.7 Å². The first-order valence-corrected chi connectivity index (χ1v) is 10.1. The maximum atomic E-state index is 12.3. The van der Waals surface area contributed by atoms with Crippen LogP contribution in [0.4, 0.5) is 5.00 Å². The highest BCUT2D eigenvalue weighted by Gasteiger charge is 2.24. The van der Waals surface area contributed by atoms with Crippen LogP contribution in [-0.2, 0) is 19.7 Å². The maximum absolute atomic E-state index is 12.3. The van der Waals surface area contributed by atoms with Crippen LogP contribution in [0.3, 0.4) is 0 Å². The monoisotopic (exact) mass is 337 g/mol. The third kappa shape index (κ3) is 2.83. The quantitative estimate of drug-likeness (QED) is 0.924. The standard InChI is InChI=1S/C10H11NO4S4/c1-11-7-3-4-9(16-7)19(14,15)10-6-5-8(17-10)18(2,12)13/h3-6,11H,1-2H3. The SMILES string of the molecule is CNc1ccc(S(=O)(=O)c2ccc(S(C)(=O)=O)s2)s1. The van der Waals surface area contributed by atoms with Gasteiger partial charge in [0.15, 0.2) is 9.84 Å². The Morgan fingerprint density at radius 1 is 0.895 bits per heavy atom. The summed E-state index contributed by atoms with van der Waals surface area (Å²) < 4.78 is 47.6. The smallest absolute Gasteiger partial charge is 0.225 e. The van der Waals surface area contributed by atoms with Gasteiger partial charge >= 0.3 is 0 Å². The fraction of sp³-hybridized carbons (Fsp3) is 0.200. The lowest BCUT2D eigenvalue weighted by atomic mass is 10.6. The molecule has 0 spiro atoms. The summed E-state index contributed by atoms with van der Waals surface area (Å²) in [5, 5.41) is 3.60. The molecule has 2 rings (SSSR count). The van der Waals surface area contributed by atoms with Crippen LogP contribution in [0.25, 0.3) is 0 Å². The molecule has 0 aliphatic rings. The molecular weight excluding hydrogens is 326 g/mol. The van der Waals surface area contributed by atoms with Crippen molar-refractivity contribution >= 4 is 47.3 Å². The van der Waals surface area contributed by atoms with E-state index in [1.54, 1.807) is 13.1 Å². The number of hydrogen-bond acceptors (Lipinski definition) is 7. The van der Waals surface area contributed by atoms with Crippen LogP contribution < -0.4 is 5.32 Å². The van der Waals surface area contributed by atoms with Crippen molar-refractivity contribution in [2.45, 2.75) is 12.6 Å². The molecule has 1 N–H and O–H groups in total. The summed E-state index contributed by atoms with van der Waals surface area (Å²) in [5.74, 6) is 0. The molecular formula is C10H11NO4S4. The minimum absolute atomic E-state index is 0.0393. The van der Waals surface area contributed by atoms with Gasteiger partial charge in [-0.2, -0.15) is 0 Å². The molecule has 0 aliphatic heterocycles. The first kappa shape index (κ1) is 14.5. The fourth-order valence-corrected chi connectivity index (χ4v) is 6.56. The van der Waals surface area contributed by atoms with Crippen molar-refractivity contribution in [3.05, 3.63) is 24.3 Å². The molecule has 0 amide bonds. The van der Waals surface area contributed by atoms with Crippen LogP contribution in [-0.4, -0.2) is 30.1 Å². The maximum Gasteiger partial charge on any atom is 0.225 e. The molecule has 0 aliphatic carbocycles. The zero-order valence-electron chi connectivity index (χ0n) is 10.1. The summed E-state index contributed by atoms with van der Waals surface area (Å²) >= 11 is 1.88. The number of thiophene rings is 2. The first-order valence-electron chi connectivity index (χ1n) is 5.08. The molecule has 0 unspecified atom stereocenters. The molecule has 104 valence electrons. The molecule has 0 aromatic carbocycles. The Morgan fingerprint density at radius 3 is 1.89 bits per heavy atom. The van der Waals surface area contributed by atoms with Crippen molar-refractivity contribution in [3.63, 3.8) is 0 Å². The lowest BCUT2D eigenvalue weighted by molar-refractivity contribution is 0.599. The minimum Gasteiger partial charge on any atom is -0.380 e. The summed E-state index contributed by atoms with van der Waals surface area (Å²) in [5.41, 5.74) is 0. The van der Waals surface area contributed by atoms with Gasteiger partial charge in [0.1, 0.15) is 12.6 Å². The fourth-order valence-electron chi connectivity index (χ4n) is 1.35. The summed E-state index contributed by atoms with van der Waals surface area (Å²) in [7, 11) is -5.31. The third-order valence-electron chi connectivity index (χ3n) is 2.28. The molecule has 0 saturated carbocycles. The van der Waals surface area contributed by atoms with E-state index in [4.69, 9.17) is 0 Å². The van der Waals surface area contributed by atoms with Gasteiger partial charge in [0.05, 0.1) is 5.00 Å². The Kier molecular flexibility index (Phi) is 3.74. The number of rotatable bonds is 4. The van der Waals surface area contributed by atoms with Gasteiger partial charge in [-0.25, -0.2) is 16.8 Å². The van der Waals surface area contributed by atoms with Crippen LogP contribution in [0.15, 0.2) is 36.9 Å². The van der Waals surface area contributed by atoms with Gasteiger partial charge in [0, 0.05) is 13.3 Å². The van der Waals surface area contributed by atoms with Crippen molar-refractivity contribution in [1.82, 2.24) is 0 Å². The van der Waals surface area contributed by atoms with E-state index in [2.05, 4.69) is 5.32 Å². The predicted octanol–water partition coefficient (Wildman–Crippen LogP) is 2.09. The van der Waals surface area contributed by atoms with E-state index in [9.17, 15) is 16.8 Å². The molecule has 0 radical (unpaired) electrons.